The first-order valence-corrected chi connectivity index (χ1v) is 5.73. The van der Waals surface area contributed by atoms with Crippen LogP contribution >= 0.6 is 0 Å². The summed E-state index contributed by atoms with van der Waals surface area (Å²) >= 11 is 0. The number of aryl methyl sites for hydroxylation is 1. The second-order valence-electron chi connectivity index (χ2n) is 4.25. The van der Waals surface area contributed by atoms with E-state index in [9.17, 15) is 13.2 Å². The third kappa shape index (κ3) is 3.09. The lowest BCUT2D eigenvalue weighted by molar-refractivity contribution is -0.137. The zero-order chi connectivity index (χ0) is 14.8. The van der Waals surface area contributed by atoms with Crippen LogP contribution in [-0.4, -0.2) is 9.78 Å². The van der Waals surface area contributed by atoms with Crippen LogP contribution < -0.4 is 5.32 Å². The van der Waals surface area contributed by atoms with E-state index in [2.05, 4.69) is 10.4 Å². The Labute approximate surface area is 113 Å². The van der Waals surface area contributed by atoms with Crippen LogP contribution in [0.4, 0.5) is 18.9 Å². The van der Waals surface area contributed by atoms with Crippen molar-refractivity contribution in [2.75, 3.05) is 5.32 Å². The molecule has 4 nitrogen and oxygen atoms in total. The Bertz CT molecular complexity index is 652. The second-order valence-corrected chi connectivity index (χ2v) is 4.25. The average molecular weight is 280 g/mol. The van der Waals surface area contributed by atoms with E-state index in [0.717, 1.165) is 17.7 Å². The van der Waals surface area contributed by atoms with Crippen molar-refractivity contribution < 1.29 is 13.2 Å². The Balaban J connectivity index is 2.19. The fraction of sp³-hybridized carbons (Fsp3) is 0.231. The molecular formula is C13H11F3N4. The zero-order valence-electron chi connectivity index (χ0n) is 10.6. The molecule has 2 rings (SSSR count). The van der Waals surface area contributed by atoms with Crippen LogP contribution in [-0.2, 0) is 19.8 Å². The molecule has 1 heterocycles. The highest BCUT2D eigenvalue weighted by Gasteiger charge is 2.33. The third-order valence-corrected chi connectivity index (χ3v) is 2.70. The van der Waals surface area contributed by atoms with Gasteiger partial charge in [0.25, 0.3) is 0 Å². The molecule has 0 unspecified atom stereocenters. The fourth-order valence-electron chi connectivity index (χ4n) is 1.75. The van der Waals surface area contributed by atoms with Crippen LogP contribution in [0.1, 0.15) is 16.7 Å². The standard InChI is InChI=1S/C13H11F3N4/c1-20-8-9(7-19-20)6-18-11-3-2-10(5-17)12(4-11)13(14,15)16/h2-4,7-8,18H,6H2,1H3. The van der Waals surface area contributed by atoms with E-state index < -0.39 is 11.7 Å². The van der Waals surface area contributed by atoms with Crippen LogP contribution in [0.15, 0.2) is 30.6 Å². The Kier molecular flexibility index (Phi) is 3.66. The lowest BCUT2D eigenvalue weighted by Gasteiger charge is -2.11. The van der Waals surface area contributed by atoms with Crippen LogP contribution in [0, 0.1) is 11.3 Å². The first-order chi connectivity index (χ1) is 9.40. The van der Waals surface area contributed by atoms with Crippen molar-refractivity contribution in [1.82, 2.24) is 9.78 Å². The summed E-state index contributed by atoms with van der Waals surface area (Å²) in [6, 6.07) is 5.09. The highest BCUT2D eigenvalue weighted by atomic mass is 19.4. The maximum atomic E-state index is 12.8. The van der Waals surface area contributed by atoms with E-state index in [4.69, 9.17) is 5.26 Å². The molecule has 7 heteroatoms. The number of rotatable bonds is 3. The maximum absolute atomic E-state index is 12.8. The Morgan fingerprint density at radius 1 is 1.40 bits per heavy atom. The number of nitriles is 1. The molecule has 1 aromatic carbocycles. The van der Waals surface area contributed by atoms with Crippen molar-refractivity contribution in [1.29, 1.82) is 5.26 Å². The summed E-state index contributed by atoms with van der Waals surface area (Å²) in [5.41, 5.74) is -0.161. The van der Waals surface area contributed by atoms with Crippen molar-refractivity contribution in [2.45, 2.75) is 12.7 Å². The largest absolute Gasteiger partial charge is 0.417 e. The Hall–Kier alpha value is -2.49. The van der Waals surface area contributed by atoms with Gasteiger partial charge in [0.2, 0.25) is 0 Å². The lowest BCUT2D eigenvalue weighted by Crippen LogP contribution is -2.09. The molecule has 0 radical (unpaired) electrons. The molecule has 1 aromatic heterocycles. The first-order valence-electron chi connectivity index (χ1n) is 5.73. The number of alkyl halides is 3. The van der Waals surface area contributed by atoms with Gasteiger partial charge < -0.3 is 5.32 Å². The minimum atomic E-state index is -4.54. The summed E-state index contributed by atoms with van der Waals surface area (Å²) in [7, 11) is 1.76. The van der Waals surface area contributed by atoms with E-state index in [1.165, 1.54) is 6.07 Å². The molecule has 0 aliphatic heterocycles. The minimum absolute atomic E-state index is 0.306. The molecule has 0 saturated heterocycles. The van der Waals surface area contributed by atoms with Gasteiger partial charge in [-0.3, -0.25) is 4.68 Å². The van der Waals surface area contributed by atoms with Crippen LogP contribution in [0.5, 0.6) is 0 Å². The van der Waals surface area contributed by atoms with Gasteiger partial charge in [0.05, 0.1) is 23.4 Å². The first kappa shape index (κ1) is 13.9. The molecule has 0 saturated carbocycles. The summed E-state index contributed by atoms with van der Waals surface area (Å²) < 4.78 is 40.0. The third-order valence-electron chi connectivity index (χ3n) is 2.70. The zero-order valence-corrected chi connectivity index (χ0v) is 10.6. The van der Waals surface area contributed by atoms with Gasteiger partial charge in [-0.25, -0.2) is 0 Å². The van der Waals surface area contributed by atoms with Gasteiger partial charge in [-0.05, 0) is 18.2 Å². The molecule has 0 bridgehead atoms. The predicted molar refractivity (Wildman–Crippen MR) is 66.7 cm³/mol. The number of hydrogen-bond donors (Lipinski definition) is 1. The van der Waals surface area contributed by atoms with Crippen LogP contribution in [0.2, 0.25) is 0 Å². The summed E-state index contributed by atoms with van der Waals surface area (Å²) in [6.45, 7) is 0.358. The molecule has 20 heavy (non-hydrogen) atoms. The molecule has 0 amide bonds. The number of nitrogens with one attached hydrogen (secondary N) is 1. The summed E-state index contributed by atoms with van der Waals surface area (Å²) in [5, 5.41) is 15.5. The van der Waals surface area contributed by atoms with Crippen LogP contribution in [0.25, 0.3) is 0 Å². The van der Waals surface area contributed by atoms with E-state index in [0.29, 0.717) is 12.2 Å². The highest BCUT2D eigenvalue weighted by molar-refractivity contribution is 5.53. The molecule has 104 valence electrons. The van der Waals surface area contributed by atoms with E-state index >= 15 is 0 Å². The van der Waals surface area contributed by atoms with E-state index in [-0.39, 0.29) is 5.56 Å². The predicted octanol–water partition coefficient (Wildman–Crippen LogP) is 2.92. The van der Waals surface area contributed by atoms with Gasteiger partial charge >= 0.3 is 6.18 Å². The van der Waals surface area contributed by atoms with Gasteiger partial charge in [-0.15, -0.1) is 0 Å². The van der Waals surface area contributed by atoms with Crippen molar-refractivity contribution in [3.05, 3.63) is 47.3 Å². The summed E-state index contributed by atoms with van der Waals surface area (Å²) in [5.74, 6) is 0. The number of hydrogen-bond acceptors (Lipinski definition) is 3. The number of halogens is 3. The molecule has 2 aromatic rings. The van der Waals surface area contributed by atoms with Gasteiger partial charge in [-0.1, -0.05) is 0 Å². The topological polar surface area (TPSA) is 53.6 Å². The summed E-state index contributed by atoms with van der Waals surface area (Å²) in [6.07, 6.45) is -1.15. The Morgan fingerprint density at radius 3 is 2.70 bits per heavy atom. The molecule has 0 fully saturated rings. The number of anilines is 1. The van der Waals surface area contributed by atoms with Gasteiger partial charge in [-0.2, -0.15) is 23.5 Å². The highest BCUT2D eigenvalue weighted by Crippen LogP contribution is 2.33. The monoisotopic (exact) mass is 280 g/mol. The number of benzene rings is 1. The van der Waals surface area contributed by atoms with Crippen molar-refractivity contribution >= 4 is 5.69 Å². The SMILES string of the molecule is Cn1cc(CNc2ccc(C#N)c(C(F)(F)F)c2)cn1. The molecule has 0 spiro atoms. The Morgan fingerprint density at radius 2 is 2.15 bits per heavy atom. The van der Waals surface area contributed by atoms with Crippen LogP contribution in [0.3, 0.4) is 0 Å². The van der Waals surface area contributed by atoms with Gasteiger partial charge in [0.15, 0.2) is 0 Å². The van der Waals surface area contributed by atoms with Gasteiger partial charge in [0, 0.05) is 31.0 Å². The lowest BCUT2D eigenvalue weighted by atomic mass is 10.1. The van der Waals surface area contributed by atoms with Crippen molar-refractivity contribution in [3.63, 3.8) is 0 Å². The quantitative estimate of drug-likeness (QED) is 0.940. The molecule has 0 aliphatic carbocycles. The maximum Gasteiger partial charge on any atom is 0.417 e. The minimum Gasteiger partial charge on any atom is -0.381 e. The second kappa shape index (κ2) is 5.25. The average Bonchev–Trinajstić information content (AvgIpc) is 2.81. The molecular weight excluding hydrogens is 269 g/mol. The van der Waals surface area contributed by atoms with Crippen molar-refractivity contribution in [2.24, 2.45) is 7.05 Å². The number of aromatic nitrogens is 2. The van der Waals surface area contributed by atoms with Crippen molar-refractivity contribution in [3.8, 4) is 6.07 Å². The molecule has 0 aliphatic rings. The normalized spacial score (nSPS) is 11.2. The molecule has 0 atom stereocenters. The number of nitrogens with zero attached hydrogens (tertiary/aromatic N) is 3. The smallest absolute Gasteiger partial charge is 0.381 e. The fourth-order valence-corrected chi connectivity index (χ4v) is 1.75. The van der Waals surface area contributed by atoms with E-state index in [1.807, 2.05) is 0 Å². The summed E-state index contributed by atoms with van der Waals surface area (Å²) in [4.78, 5) is 0. The van der Waals surface area contributed by atoms with Gasteiger partial charge in [0.1, 0.15) is 0 Å². The molecule has 1 N–H and O–H groups in total. The van der Waals surface area contributed by atoms with E-state index in [1.54, 1.807) is 30.2 Å².